The van der Waals surface area contributed by atoms with Crippen molar-refractivity contribution in [2.24, 2.45) is 0 Å². The lowest BCUT2D eigenvalue weighted by Crippen LogP contribution is -2.54. The van der Waals surface area contributed by atoms with E-state index >= 15 is 0 Å². The first-order valence-electron chi connectivity index (χ1n) is 9.66. The van der Waals surface area contributed by atoms with Crippen molar-refractivity contribution in [1.29, 1.82) is 0 Å². The van der Waals surface area contributed by atoms with Gasteiger partial charge < -0.3 is 15.0 Å². The molecule has 2 unspecified atom stereocenters. The molecule has 2 heterocycles. The molecule has 9 heteroatoms. The van der Waals surface area contributed by atoms with Gasteiger partial charge >= 0.3 is 0 Å². The predicted molar refractivity (Wildman–Crippen MR) is 125 cm³/mol. The van der Waals surface area contributed by atoms with Gasteiger partial charge in [-0.05, 0) is 61.7 Å². The molecular formula is C21H24ClN3O3S2. The molecule has 0 saturated carbocycles. The fraction of sp³-hybridized carbons (Fsp3) is 0.333. The summed E-state index contributed by atoms with van der Waals surface area (Å²) in [5.41, 5.74) is 1.38. The van der Waals surface area contributed by atoms with Crippen LogP contribution in [-0.4, -0.2) is 40.7 Å². The zero-order chi connectivity index (χ0) is 21.5. The number of nitrogens with one attached hydrogen (secondary N) is 2. The highest BCUT2D eigenvalue weighted by Gasteiger charge is 2.24. The number of thiophene rings is 1. The van der Waals surface area contributed by atoms with Crippen LogP contribution in [0.25, 0.3) is 10.1 Å². The largest absolute Gasteiger partial charge is 0.495 e. The van der Waals surface area contributed by atoms with E-state index in [4.69, 9.17) is 16.3 Å². The van der Waals surface area contributed by atoms with Gasteiger partial charge in [-0.25, -0.2) is 8.42 Å². The molecule has 2 aromatic carbocycles. The molecule has 1 aromatic heterocycles. The van der Waals surface area contributed by atoms with E-state index in [0.29, 0.717) is 22.8 Å². The van der Waals surface area contributed by atoms with E-state index < -0.39 is 10.0 Å². The van der Waals surface area contributed by atoms with Crippen LogP contribution in [-0.2, 0) is 10.0 Å². The Morgan fingerprint density at radius 1 is 1.13 bits per heavy atom. The van der Waals surface area contributed by atoms with Crippen LogP contribution >= 0.6 is 22.9 Å². The molecule has 3 aromatic rings. The molecule has 160 valence electrons. The number of anilines is 2. The number of sulfonamides is 1. The van der Waals surface area contributed by atoms with Crippen molar-refractivity contribution in [3.8, 4) is 5.75 Å². The van der Waals surface area contributed by atoms with Crippen molar-refractivity contribution in [2.45, 2.75) is 30.1 Å². The maximum atomic E-state index is 13.0. The van der Waals surface area contributed by atoms with Crippen LogP contribution in [0.3, 0.4) is 0 Å². The Balaban J connectivity index is 1.65. The zero-order valence-electron chi connectivity index (χ0n) is 17.0. The summed E-state index contributed by atoms with van der Waals surface area (Å²) in [6, 6.07) is 13.0. The quantitative estimate of drug-likeness (QED) is 0.578. The van der Waals surface area contributed by atoms with Gasteiger partial charge in [0.25, 0.3) is 10.0 Å². The van der Waals surface area contributed by atoms with E-state index in [1.54, 1.807) is 37.4 Å². The van der Waals surface area contributed by atoms with Crippen LogP contribution in [0.2, 0.25) is 5.02 Å². The summed E-state index contributed by atoms with van der Waals surface area (Å²) < 4.78 is 35.4. The minimum absolute atomic E-state index is 0.251. The molecule has 0 bridgehead atoms. The molecule has 0 spiro atoms. The van der Waals surface area contributed by atoms with Gasteiger partial charge in [0.05, 0.1) is 18.5 Å². The smallest absolute Gasteiger partial charge is 0.271 e. The SMILES string of the molecule is COc1ccc(NS(=O)(=O)c2cc3cc(Cl)ccc3s2)cc1N1CC(C)NC(C)C1. The molecule has 1 aliphatic rings. The molecule has 0 aliphatic carbocycles. The van der Waals surface area contributed by atoms with E-state index in [0.717, 1.165) is 34.6 Å². The summed E-state index contributed by atoms with van der Waals surface area (Å²) in [5, 5.41) is 4.90. The topological polar surface area (TPSA) is 70.7 Å². The number of fused-ring (bicyclic) bond motifs is 1. The molecule has 30 heavy (non-hydrogen) atoms. The van der Waals surface area contributed by atoms with Crippen LogP contribution < -0.4 is 19.7 Å². The van der Waals surface area contributed by atoms with Crippen LogP contribution in [0.4, 0.5) is 11.4 Å². The number of hydrogen-bond acceptors (Lipinski definition) is 6. The van der Waals surface area contributed by atoms with Crippen molar-refractivity contribution in [2.75, 3.05) is 29.8 Å². The fourth-order valence-corrected chi connectivity index (χ4v) is 6.46. The minimum atomic E-state index is -3.72. The molecule has 1 saturated heterocycles. The average molecular weight is 466 g/mol. The molecule has 1 aliphatic heterocycles. The number of methoxy groups -OCH3 is 1. The van der Waals surface area contributed by atoms with E-state index in [9.17, 15) is 8.42 Å². The summed E-state index contributed by atoms with van der Waals surface area (Å²) in [6.07, 6.45) is 0. The molecule has 2 atom stereocenters. The fourth-order valence-electron chi connectivity index (χ4n) is 3.85. The molecular weight excluding hydrogens is 442 g/mol. The third kappa shape index (κ3) is 4.37. The first-order chi connectivity index (χ1) is 14.2. The van der Waals surface area contributed by atoms with Gasteiger partial charge in [0.2, 0.25) is 0 Å². The van der Waals surface area contributed by atoms with Crippen LogP contribution in [0.15, 0.2) is 46.7 Å². The van der Waals surface area contributed by atoms with Crippen LogP contribution in [0.1, 0.15) is 13.8 Å². The lowest BCUT2D eigenvalue weighted by molar-refractivity contribution is 0.391. The number of piperazine rings is 1. The third-order valence-corrected chi connectivity index (χ3v) is 8.26. The van der Waals surface area contributed by atoms with Crippen molar-refractivity contribution in [3.63, 3.8) is 0 Å². The maximum Gasteiger partial charge on any atom is 0.271 e. The van der Waals surface area contributed by atoms with Gasteiger partial charge in [-0.15, -0.1) is 11.3 Å². The number of rotatable bonds is 5. The second-order valence-corrected chi connectivity index (χ2v) is 11.0. The number of hydrogen-bond donors (Lipinski definition) is 2. The first-order valence-corrected chi connectivity index (χ1v) is 12.3. The Labute approximate surface area is 185 Å². The molecule has 4 rings (SSSR count). The van der Waals surface area contributed by atoms with Crippen molar-refractivity contribution in [3.05, 3.63) is 47.5 Å². The van der Waals surface area contributed by atoms with E-state index in [-0.39, 0.29) is 4.21 Å². The summed E-state index contributed by atoms with van der Waals surface area (Å²) in [4.78, 5) is 2.23. The maximum absolute atomic E-state index is 13.0. The van der Waals surface area contributed by atoms with Gasteiger partial charge in [-0.2, -0.15) is 0 Å². The monoisotopic (exact) mass is 465 g/mol. The lowest BCUT2D eigenvalue weighted by atomic mass is 10.1. The number of ether oxygens (including phenoxy) is 1. The number of benzene rings is 2. The molecule has 1 fully saturated rings. The average Bonchev–Trinajstić information content (AvgIpc) is 3.11. The number of halogens is 1. The van der Waals surface area contributed by atoms with E-state index in [1.807, 2.05) is 12.1 Å². The Morgan fingerprint density at radius 2 is 1.87 bits per heavy atom. The Bertz CT molecular complexity index is 1170. The standard InChI is InChI=1S/C21H24ClN3O3S2/c1-13-11-25(12-14(2)23-13)18-10-17(5-6-19(18)28-3)24-30(26,27)21-9-15-8-16(22)4-7-20(15)29-21/h4-10,13-14,23-24H,11-12H2,1-3H3. The summed E-state index contributed by atoms with van der Waals surface area (Å²) >= 11 is 7.25. The van der Waals surface area contributed by atoms with Crippen molar-refractivity contribution < 1.29 is 13.2 Å². The summed E-state index contributed by atoms with van der Waals surface area (Å²) in [6.45, 7) is 5.90. The van der Waals surface area contributed by atoms with Gasteiger partial charge in [-0.1, -0.05) is 11.6 Å². The van der Waals surface area contributed by atoms with Crippen molar-refractivity contribution in [1.82, 2.24) is 5.32 Å². The summed E-state index contributed by atoms with van der Waals surface area (Å²) in [5.74, 6) is 0.718. The van der Waals surface area contributed by atoms with Gasteiger partial charge in [0.15, 0.2) is 0 Å². The first kappa shape index (κ1) is 21.2. The third-order valence-electron chi connectivity index (χ3n) is 5.05. The van der Waals surface area contributed by atoms with Crippen LogP contribution in [0.5, 0.6) is 5.75 Å². The zero-order valence-corrected chi connectivity index (χ0v) is 19.4. The second kappa shape index (κ2) is 8.26. The highest BCUT2D eigenvalue weighted by atomic mass is 35.5. The van der Waals surface area contributed by atoms with E-state index in [2.05, 4.69) is 28.8 Å². The number of nitrogens with zero attached hydrogens (tertiary/aromatic N) is 1. The lowest BCUT2D eigenvalue weighted by Gasteiger charge is -2.38. The predicted octanol–water partition coefficient (Wildman–Crippen LogP) is 4.55. The second-order valence-electron chi connectivity index (χ2n) is 7.61. The molecule has 0 amide bonds. The van der Waals surface area contributed by atoms with Crippen molar-refractivity contribution >= 4 is 54.4 Å². The van der Waals surface area contributed by atoms with E-state index in [1.165, 1.54) is 11.3 Å². The van der Waals surface area contributed by atoms with Gasteiger partial charge in [0, 0.05) is 34.9 Å². The molecule has 2 N–H and O–H groups in total. The van der Waals surface area contributed by atoms with Gasteiger partial charge in [0.1, 0.15) is 9.96 Å². The Morgan fingerprint density at radius 3 is 2.57 bits per heavy atom. The highest BCUT2D eigenvalue weighted by Crippen LogP contribution is 2.35. The Hall–Kier alpha value is -2.00. The molecule has 6 nitrogen and oxygen atoms in total. The normalized spacial score (nSPS) is 19.8. The summed E-state index contributed by atoms with van der Waals surface area (Å²) in [7, 11) is -2.10. The van der Waals surface area contributed by atoms with Gasteiger partial charge in [-0.3, -0.25) is 4.72 Å². The highest BCUT2D eigenvalue weighted by molar-refractivity contribution is 7.94. The minimum Gasteiger partial charge on any atom is -0.495 e. The Kier molecular flexibility index (Phi) is 5.85. The molecule has 0 radical (unpaired) electrons. The van der Waals surface area contributed by atoms with Crippen LogP contribution in [0, 0.1) is 0 Å².